The van der Waals surface area contributed by atoms with Gasteiger partial charge in [-0.3, -0.25) is 4.79 Å². The van der Waals surface area contributed by atoms with Crippen LogP contribution < -0.4 is 5.73 Å². The molecule has 7 heteroatoms. The molecule has 88 valence electrons. The lowest BCUT2D eigenvalue weighted by Gasteiger charge is -2.04. The maximum atomic E-state index is 10.8. The molecule has 0 atom stereocenters. The predicted octanol–water partition coefficient (Wildman–Crippen LogP) is 1.73. The van der Waals surface area contributed by atoms with Crippen LogP contribution >= 0.6 is 23.2 Å². The Morgan fingerprint density at radius 1 is 1.41 bits per heavy atom. The van der Waals surface area contributed by atoms with E-state index in [-0.39, 0.29) is 5.82 Å². The van der Waals surface area contributed by atoms with Gasteiger partial charge in [-0.25, -0.2) is 9.67 Å². The highest BCUT2D eigenvalue weighted by Crippen LogP contribution is 2.21. The summed E-state index contributed by atoms with van der Waals surface area (Å²) in [6.45, 7) is 0.399. The van der Waals surface area contributed by atoms with Crippen LogP contribution in [0.3, 0.4) is 0 Å². The van der Waals surface area contributed by atoms with Gasteiger partial charge in [-0.2, -0.15) is 0 Å². The Balaban J connectivity index is 2.22. The van der Waals surface area contributed by atoms with E-state index in [0.29, 0.717) is 16.6 Å². The zero-order valence-corrected chi connectivity index (χ0v) is 10.1. The van der Waals surface area contributed by atoms with Gasteiger partial charge in [-0.05, 0) is 17.7 Å². The quantitative estimate of drug-likeness (QED) is 0.923. The first-order valence-electron chi connectivity index (χ1n) is 4.69. The van der Waals surface area contributed by atoms with E-state index in [2.05, 4.69) is 10.1 Å². The summed E-state index contributed by atoms with van der Waals surface area (Å²) in [5, 5.41) is 5.01. The van der Waals surface area contributed by atoms with Gasteiger partial charge in [0.25, 0.3) is 5.91 Å². The van der Waals surface area contributed by atoms with Crippen molar-refractivity contribution in [2.45, 2.75) is 6.54 Å². The molecular weight excluding hydrogens is 263 g/mol. The number of hydrogen-bond donors (Lipinski definition) is 1. The van der Waals surface area contributed by atoms with E-state index >= 15 is 0 Å². The molecule has 0 saturated heterocycles. The first-order chi connectivity index (χ1) is 8.06. The van der Waals surface area contributed by atoms with E-state index in [1.54, 1.807) is 18.2 Å². The molecule has 1 heterocycles. The largest absolute Gasteiger partial charge is 0.363 e. The van der Waals surface area contributed by atoms with Crippen LogP contribution in [0.1, 0.15) is 16.2 Å². The molecule has 2 rings (SSSR count). The Labute approximate surface area is 107 Å². The second-order valence-electron chi connectivity index (χ2n) is 3.37. The van der Waals surface area contributed by atoms with Gasteiger partial charge < -0.3 is 5.73 Å². The van der Waals surface area contributed by atoms with Gasteiger partial charge in [-0.1, -0.05) is 29.3 Å². The molecule has 0 radical (unpaired) electrons. The van der Waals surface area contributed by atoms with Crippen molar-refractivity contribution in [3.8, 4) is 0 Å². The lowest BCUT2D eigenvalue weighted by Crippen LogP contribution is -2.13. The topological polar surface area (TPSA) is 73.8 Å². The van der Waals surface area contributed by atoms with Gasteiger partial charge in [-0.15, -0.1) is 5.10 Å². The molecule has 17 heavy (non-hydrogen) atoms. The van der Waals surface area contributed by atoms with Crippen LogP contribution in [0, 0.1) is 0 Å². The fourth-order valence-electron chi connectivity index (χ4n) is 1.31. The lowest BCUT2D eigenvalue weighted by atomic mass is 10.2. The molecule has 0 aliphatic carbocycles. The van der Waals surface area contributed by atoms with Gasteiger partial charge >= 0.3 is 0 Å². The zero-order chi connectivity index (χ0) is 12.4. The van der Waals surface area contributed by atoms with E-state index in [0.717, 1.165) is 5.56 Å². The molecule has 0 unspecified atom stereocenters. The smallest absolute Gasteiger partial charge is 0.288 e. The SMILES string of the molecule is NC(=O)c1ncn(Cc2ccc(Cl)cc2Cl)n1. The second-order valence-corrected chi connectivity index (χ2v) is 4.21. The number of primary amides is 1. The van der Waals surface area contributed by atoms with Gasteiger partial charge in [0.15, 0.2) is 0 Å². The Hall–Kier alpha value is -1.59. The molecular formula is C10H8Cl2N4O. The number of hydrogen-bond acceptors (Lipinski definition) is 3. The summed E-state index contributed by atoms with van der Waals surface area (Å²) in [6, 6.07) is 5.16. The van der Waals surface area contributed by atoms with E-state index in [4.69, 9.17) is 28.9 Å². The van der Waals surface area contributed by atoms with Crippen molar-refractivity contribution in [1.82, 2.24) is 14.8 Å². The Bertz CT molecular complexity index is 567. The highest BCUT2D eigenvalue weighted by molar-refractivity contribution is 6.35. The Morgan fingerprint density at radius 2 is 2.18 bits per heavy atom. The average molecular weight is 271 g/mol. The standard InChI is InChI=1S/C10H8Cl2N4O/c11-7-2-1-6(8(12)3-7)4-16-5-14-10(15-16)9(13)17/h1-3,5H,4H2,(H2,13,17). The molecule has 2 aromatic rings. The predicted molar refractivity (Wildman–Crippen MR) is 64.1 cm³/mol. The third-order valence-electron chi connectivity index (χ3n) is 2.10. The number of aromatic nitrogens is 3. The lowest BCUT2D eigenvalue weighted by molar-refractivity contribution is 0.0990. The molecule has 1 aromatic heterocycles. The summed E-state index contributed by atoms with van der Waals surface area (Å²) in [5.74, 6) is -0.680. The van der Waals surface area contributed by atoms with Crippen molar-refractivity contribution in [3.05, 3.63) is 46.0 Å². The van der Waals surface area contributed by atoms with Gasteiger partial charge in [0.05, 0.1) is 6.54 Å². The molecule has 0 spiro atoms. The van der Waals surface area contributed by atoms with E-state index in [1.165, 1.54) is 11.0 Å². The molecule has 0 saturated carbocycles. The summed E-state index contributed by atoms with van der Waals surface area (Å²) in [4.78, 5) is 14.6. The number of carbonyl (C=O) groups is 1. The Kier molecular flexibility index (Phi) is 3.31. The molecule has 2 N–H and O–H groups in total. The van der Waals surface area contributed by atoms with Gasteiger partial charge in [0, 0.05) is 10.0 Å². The number of carbonyl (C=O) groups excluding carboxylic acids is 1. The van der Waals surface area contributed by atoms with Crippen LogP contribution in [-0.2, 0) is 6.54 Å². The fourth-order valence-corrected chi connectivity index (χ4v) is 1.78. The molecule has 5 nitrogen and oxygen atoms in total. The van der Waals surface area contributed by atoms with Crippen LogP contribution in [-0.4, -0.2) is 20.7 Å². The molecule has 1 amide bonds. The van der Waals surface area contributed by atoms with Crippen molar-refractivity contribution in [3.63, 3.8) is 0 Å². The van der Waals surface area contributed by atoms with E-state index < -0.39 is 5.91 Å². The number of nitrogens with two attached hydrogens (primary N) is 1. The Morgan fingerprint density at radius 3 is 2.76 bits per heavy atom. The normalized spacial score (nSPS) is 10.5. The van der Waals surface area contributed by atoms with Crippen LogP contribution in [0.2, 0.25) is 10.0 Å². The zero-order valence-electron chi connectivity index (χ0n) is 8.60. The third kappa shape index (κ3) is 2.75. The second kappa shape index (κ2) is 4.73. The number of nitrogens with zero attached hydrogens (tertiary/aromatic N) is 3. The van der Waals surface area contributed by atoms with Crippen molar-refractivity contribution in [1.29, 1.82) is 0 Å². The van der Waals surface area contributed by atoms with Crippen LogP contribution in [0.5, 0.6) is 0 Å². The molecule has 0 fully saturated rings. The van der Waals surface area contributed by atoms with Crippen molar-refractivity contribution in [2.24, 2.45) is 5.73 Å². The number of amides is 1. The minimum atomic E-state index is -0.661. The summed E-state index contributed by atoms with van der Waals surface area (Å²) >= 11 is 11.8. The number of halogens is 2. The van der Waals surface area contributed by atoms with Crippen LogP contribution in [0.25, 0.3) is 0 Å². The van der Waals surface area contributed by atoms with Crippen LogP contribution in [0.4, 0.5) is 0 Å². The first-order valence-corrected chi connectivity index (χ1v) is 5.45. The van der Waals surface area contributed by atoms with Crippen molar-refractivity contribution in [2.75, 3.05) is 0 Å². The molecule has 0 aliphatic rings. The fraction of sp³-hybridized carbons (Fsp3) is 0.100. The summed E-state index contributed by atoms with van der Waals surface area (Å²) < 4.78 is 1.48. The summed E-state index contributed by atoms with van der Waals surface area (Å²) in [7, 11) is 0. The highest BCUT2D eigenvalue weighted by atomic mass is 35.5. The molecule has 1 aromatic carbocycles. The molecule has 0 aliphatic heterocycles. The van der Waals surface area contributed by atoms with Gasteiger partial charge in [0.2, 0.25) is 5.82 Å². The summed E-state index contributed by atoms with van der Waals surface area (Å²) in [6.07, 6.45) is 1.42. The highest BCUT2D eigenvalue weighted by Gasteiger charge is 2.08. The minimum absolute atomic E-state index is 0.0184. The van der Waals surface area contributed by atoms with Crippen molar-refractivity contribution < 1.29 is 4.79 Å². The average Bonchev–Trinajstić information content (AvgIpc) is 2.71. The maximum Gasteiger partial charge on any atom is 0.288 e. The molecule has 0 bridgehead atoms. The third-order valence-corrected chi connectivity index (χ3v) is 2.69. The monoisotopic (exact) mass is 270 g/mol. The van der Waals surface area contributed by atoms with Crippen LogP contribution in [0.15, 0.2) is 24.5 Å². The maximum absolute atomic E-state index is 10.8. The van der Waals surface area contributed by atoms with Gasteiger partial charge in [0.1, 0.15) is 6.33 Å². The minimum Gasteiger partial charge on any atom is -0.363 e. The first kappa shape index (κ1) is 11.9. The van der Waals surface area contributed by atoms with E-state index in [1.807, 2.05) is 0 Å². The number of rotatable bonds is 3. The van der Waals surface area contributed by atoms with E-state index in [9.17, 15) is 4.79 Å². The summed E-state index contributed by atoms with van der Waals surface area (Å²) in [5.41, 5.74) is 5.88. The van der Waals surface area contributed by atoms with Crippen molar-refractivity contribution >= 4 is 29.1 Å². The number of benzene rings is 1.